The van der Waals surface area contributed by atoms with E-state index in [1.54, 1.807) is 11.1 Å². The maximum atomic E-state index is 10.1. The lowest BCUT2D eigenvalue weighted by atomic mass is 9.48. The van der Waals surface area contributed by atoms with E-state index in [4.69, 9.17) is 0 Å². The van der Waals surface area contributed by atoms with E-state index in [2.05, 4.69) is 32.9 Å². The Morgan fingerprint density at radius 1 is 1.09 bits per heavy atom. The van der Waals surface area contributed by atoms with Gasteiger partial charge in [0, 0.05) is 0 Å². The largest absolute Gasteiger partial charge is 0.393 e. The first-order valence-corrected chi connectivity index (χ1v) is 9.52. The van der Waals surface area contributed by atoms with Gasteiger partial charge in [0.2, 0.25) is 0 Å². The zero-order valence-corrected chi connectivity index (χ0v) is 14.6. The van der Waals surface area contributed by atoms with Gasteiger partial charge in [-0.25, -0.2) is 0 Å². The third-order valence-electron chi connectivity index (χ3n) is 8.27. The Hall–Kier alpha value is -0.560. The van der Waals surface area contributed by atoms with Crippen molar-refractivity contribution < 1.29 is 5.11 Å². The summed E-state index contributed by atoms with van der Waals surface area (Å²) in [5, 5.41) is 10.1. The van der Waals surface area contributed by atoms with Crippen LogP contribution in [0.3, 0.4) is 0 Å². The van der Waals surface area contributed by atoms with Gasteiger partial charge in [-0.2, -0.15) is 0 Å². The summed E-state index contributed by atoms with van der Waals surface area (Å²) in [6, 6.07) is 0. The Balaban J connectivity index is 1.69. The van der Waals surface area contributed by atoms with Gasteiger partial charge in [-0.1, -0.05) is 37.1 Å². The first-order valence-electron chi connectivity index (χ1n) is 9.52. The average Bonchev–Trinajstić information content (AvgIpc) is 2.84. The minimum absolute atomic E-state index is 0.0779. The molecular formula is C21H32O. The number of aliphatic hydroxyl groups excluding tert-OH is 1. The van der Waals surface area contributed by atoms with Gasteiger partial charge < -0.3 is 5.11 Å². The van der Waals surface area contributed by atoms with Crippen LogP contribution in [0.2, 0.25) is 0 Å². The van der Waals surface area contributed by atoms with Gasteiger partial charge >= 0.3 is 0 Å². The van der Waals surface area contributed by atoms with Crippen LogP contribution < -0.4 is 0 Å². The third-order valence-corrected chi connectivity index (χ3v) is 8.27. The van der Waals surface area contributed by atoms with Gasteiger partial charge in [0.1, 0.15) is 0 Å². The van der Waals surface area contributed by atoms with E-state index in [1.807, 2.05) is 0 Å². The molecule has 6 atom stereocenters. The van der Waals surface area contributed by atoms with Crippen LogP contribution in [0.1, 0.15) is 72.1 Å². The van der Waals surface area contributed by atoms with Crippen LogP contribution in [0.25, 0.3) is 0 Å². The molecule has 0 amide bonds. The van der Waals surface area contributed by atoms with Gasteiger partial charge in [0.05, 0.1) is 6.10 Å². The summed E-state index contributed by atoms with van der Waals surface area (Å²) in [6.07, 6.45) is 14.9. The van der Waals surface area contributed by atoms with E-state index in [1.165, 1.54) is 38.5 Å². The molecule has 3 fully saturated rings. The maximum Gasteiger partial charge on any atom is 0.0577 e. The molecule has 4 rings (SSSR count). The summed E-state index contributed by atoms with van der Waals surface area (Å²) >= 11 is 0. The number of hydrogen-bond donors (Lipinski definition) is 1. The zero-order valence-electron chi connectivity index (χ0n) is 14.6. The topological polar surface area (TPSA) is 20.2 Å². The van der Waals surface area contributed by atoms with Crippen LogP contribution >= 0.6 is 0 Å². The molecule has 6 unspecified atom stereocenters. The molecule has 0 aromatic rings. The van der Waals surface area contributed by atoms with Crippen molar-refractivity contribution >= 4 is 0 Å². The molecule has 0 spiro atoms. The minimum atomic E-state index is -0.0779. The summed E-state index contributed by atoms with van der Waals surface area (Å²) in [4.78, 5) is 0. The van der Waals surface area contributed by atoms with Crippen molar-refractivity contribution in [2.24, 2.45) is 28.6 Å². The molecule has 1 nitrogen and oxygen atoms in total. The van der Waals surface area contributed by atoms with E-state index in [0.29, 0.717) is 10.8 Å². The lowest BCUT2D eigenvalue weighted by molar-refractivity contribution is -0.0268. The van der Waals surface area contributed by atoms with Gasteiger partial charge in [-0.15, -0.1) is 0 Å². The highest BCUT2D eigenvalue weighted by atomic mass is 16.3. The monoisotopic (exact) mass is 300 g/mol. The van der Waals surface area contributed by atoms with Crippen molar-refractivity contribution in [3.05, 3.63) is 23.3 Å². The normalized spacial score (nSPS) is 52.7. The first-order chi connectivity index (χ1) is 10.5. The molecule has 1 heteroatoms. The molecule has 1 N–H and O–H groups in total. The molecule has 0 aromatic heterocycles. The highest BCUT2D eigenvalue weighted by Crippen LogP contribution is 2.66. The highest BCUT2D eigenvalue weighted by Gasteiger charge is 2.56. The fourth-order valence-corrected chi connectivity index (χ4v) is 6.96. The predicted molar refractivity (Wildman–Crippen MR) is 91.5 cm³/mol. The van der Waals surface area contributed by atoms with Crippen LogP contribution in [-0.4, -0.2) is 11.2 Å². The van der Waals surface area contributed by atoms with Gasteiger partial charge in [-0.05, 0) is 86.9 Å². The van der Waals surface area contributed by atoms with Crippen molar-refractivity contribution in [1.29, 1.82) is 0 Å². The summed E-state index contributed by atoms with van der Waals surface area (Å²) in [5.41, 5.74) is 4.23. The van der Waals surface area contributed by atoms with Gasteiger partial charge in [0.15, 0.2) is 0 Å². The van der Waals surface area contributed by atoms with Crippen LogP contribution in [0, 0.1) is 28.6 Å². The van der Waals surface area contributed by atoms with Crippen molar-refractivity contribution in [3.63, 3.8) is 0 Å². The van der Waals surface area contributed by atoms with E-state index < -0.39 is 0 Å². The highest BCUT2D eigenvalue weighted by molar-refractivity contribution is 5.29. The third kappa shape index (κ3) is 1.87. The summed E-state index contributed by atoms with van der Waals surface area (Å²) in [5.74, 6) is 2.66. The quantitative estimate of drug-likeness (QED) is 0.605. The molecule has 4 aliphatic carbocycles. The van der Waals surface area contributed by atoms with Crippen LogP contribution in [0.4, 0.5) is 0 Å². The summed E-state index contributed by atoms with van der Waals surface area (Å²) < 4.78 is 0. The minimum Gasteiger partial charge on any atom is -0.393 e. The lowest BCUT2D eigenvalue weighted by Gasteiger charge is -2.57. The van der Waals surface area contributed by atoms with Crippen molar-refractivity contribution in [1.82, 2.24) is 0 Å². The standard InChI is InChI=1S/C21H32O/c1-4-14-6-8-18-17-7-5-15-13-16(22)9-11-21(15,3)19(17)10-12-20(14,18)2/h4-5,16-19,22H,6-13H2,1-3H3. The Morgan fingerprint density at radius 2 is 1.82 bits per heavy atom. The molecule has 0 aromatic carbocycles. The first kappa shape index (κ1) is 15.0. The van der Waals surface area contributed by atoms with E-state index in [9.17, 15) is 5.11 Å². The molecule has 0 aliphatic heterocycles. The molecule has 3 saturated carbocycles. The molecule has 122 valence electrons. The molecular weight excluding hydrogens is 268 g/mol. The fraction of sp³-hybridized carbons (Fsp3) is 0.810. The van der Waals surface area contributed by atoms with Crippen LogP contribution in [0.15, 0.2) is 23.3 Å². The van der Waals surface area contributed by atoms with E-state index >= 15 is 0 Å². The number of rotatable bonds is 0. The zero-order chi connectivity index (χ0) is 15.5. The average molecular weight is 300 g/mol. The second-order valence-corrected chi connectivity index (χ2v) is 8.96. The number of hydrogen-bond acceptors (Lipinski definition) is 1. The van der Waals surface area contributed by atoms with Crippen LogP contribution in [-0.2, 0) is 0 Å². The second-order valence-electron chi connectivity index (χ2n) is 8.96. The van der Waals surface area contributed by atoms with Gasteiger partial charge in [-0.3, -0.25) is 0 Å². The molecule has 0 bridgehead atoms. The Kier molecular flexibility index (Phi) is 3.39. The molecule has 22 heavy (non-hydrogen) atoms. The van der Waals surface area contributed by atoms with Crippen molar-refractivity contribution in [2.45, 2.75) is 78.2 Å². The van der Waals surface area contributed by atoms with Crippen molar-refractivity contribution in [3.8, 4) is 0 Å². The number of allylic oxidation sites excluding steroid dienone is 3. The van der Waals surface area contributed by atoms with E-state index in [0.717, 1.165) is 30.6 Å². The second kappa shape index (κ2) is 4.97. The predicted octanol–water partition coefficient (Wildman–Crippen LogP) is 5.26. The smallest absolute Gasteiger partial charge is 0.0577 e. The number of aliphatic hydroxyl groups is 1. The fourth-order valence-electron chi connectivity index (χ4n) is 6.96. The summed E-state index contributed by atoms with van der Waals surface area (Å²) in [6.45, 7) is 7.33. The van der Waals surface area contributed by atoms with Gasteiger partial charge in [0.25, 0.3) is 0 Å². The maximum absolute atomic E-state index is 10.1. The molecule has 0 radical (unpaired) electrons. The Labute approximate surface area is 135 Å². The van der Waals surface area contributed by atoms with Crippen molar-refractivity contribution in [2.75, 3.05) is 0 Å². The van der Waals surface area contributed by atoms with E-state index in [-0.39, 0.29) is 6.10 Å². The Morgan fingerprint density at radius 3 is 2.59 bits per heavy atom. The Bertz CT molecular complexity index is 530. The number of fused-ring (bicyclic) bond motifs is 5. The SMILES string of the molecule is CC=C1CCC2C3CC=C4CC(O)CCC4(C)C3CCC12C. The van der Waals surface area contributed by atoms with Crippen LogP contribution in [0.5, 0.6) is 0 Å². The molecule has 0 heterocycles. The molecule has 0 saturated heterocycles. The summed E-state index contributed by atoms with van der Waals surface area (Å²) in [7, 11) is 0. The lowest BCUT2D eigenvalue weighted by Crippen LogP contribution is -2.49. The molecule has 4 aliphatic rings.